The van der Waals surface area contributed by atoms with E-state index in [2.05, 4.69) is 6.92 Å². The van der Waals surface area contributed by atoms with Crippen molar-refractivity contribution in [3.05, 3.63) is 35.9 Å². The molecule has 0 aliphatic rings. The van der Waals surface area contributed by atoms with Crippen molar-refractivity contribution < 1.29 is 14.6 Å². The molecule has 2 atom stereocenters. The van der Waals surface area contributed by atoms with E-state index in [9.17, 15) is 9.90 Å². The first-order valence-corrected chi connectivity index (χ1v) is 5.70. The van der Waals surface area contributed by atoms with Gasteiger partial charge in [0.2, 0.25) is 0 Å². The number of aromatic carboxylic acids is 1. The van der Waals surface area contributed by atoms with Crippen molar-refractivity contribution in [1.82, 2.24) is 0 Å². The summed E-state index contributed by atoms with van der Waals surface area (Å²) >= 11 is 0. The summed E-state index contributed by atoms with van der Waals surface area (Å²) in [6.07, 6.45) is 1.58. The molecular weight excluding hydrogens is 211 g/mol. The van der Waals surface area contributed by atoms with Gasteiger partial charge in [-0.3, -0.25) is 0 Å². The first kappa shape index (κ1) is 14.1. The van der Waals surface area contributed by atoms with E-state index in [-0.39, 0.29) is 5.56 Å². The number of hydrogen-bond acceptors (Lipinski definition) is 3. The zero-order valence-corrected chi connectivity index (χ0v) is 10.5. The molecule has 0 aromatic heterocycles. The van der Waals surface area contributed by atoms with Gasteiger partial charge in [0.05, 0.1) is 18.2 Å². The van der Waals surface area contributed by atoms with E-state index >= 15 is 0 Å². The number of carbonyl (C=O) groups excluding carboxylic acids is 1. The van der Waals surface area contributed by atoms with Crippen LogP contribution in [0.3, 0.4) is 0 Å². The quantitative estimate of drug-likeness (QED) is 0.715. The summed E-state index contributed by atoms with van der Waals surface area (Å²) in [6.45, 7) is 2.06. The van der Waals surface area contributed by atoms with Gasteiger partial charge in [-0.1, -0.05) is 30.3 Å². The first-order chi connectivity index (χ1) is 7.11. The monoisotopic (exact) mass is 228 g/mol. The molecule has 0 amide bonds. The van der Waals surface area contributed by atoms with Crippen LogP contribution in [0.4, 0.5) is 0 Å². The van der Waals surface area contributed by atoms with Gasteiger partial charge < -0.3 is 14.6 Å². The normalized spacial score (nSPS) is 11.3. The van der Waals surface area contributed by atoms with Gasteiger partial charge in [-0.15, -0.1) is 0 Å². The van der Waals surface area contributed by atoms with Crippen LogP contribution in [0.15, 0.2) is 30.3 Å². The predicted molar refractivity (Wildman–Crippen MR) is 63.2 cm³/mol. The molecule has 0 bridgehead atoms. The lowest BCUT2D eigenvalue weighted by Gasteiger charge is -1.98. The molecule has 2 unspecified atom stereocenters. The second-order valence-electron chi connectivity index (χ2n) is 2.99. The van der Waals surface area contributed by atoms with E-state index in [4.69, 9.17) is 4.74 Å². The lowest BCUT2D eigenvalue weighted by molar-refractivity contribution is -0.255. The Balaban J connectivity index is 0.000000288. The Labute approximate surface area is 92.7 Å². The van der Waals surface area contributed by atoms with Crippen molar-refractivity contribution in [2.24, 2.45) is 0 Å². The molecule has 0 aliphatic carbocycles. The van der Waals surface area contributed by atoms with Gasteiger partial charge in [0.15, 0.2) is 0 Å². The molecule has 0 saturated carbocycles. The number of benzene rings is 1. The molecule has 0 spiro atoms. The molecule has 0 fully saturated rings. The fourth-order valence-corrected chi connectivity index (χ4v) is 0.928. The zero-order chi connectivity index (χ0) is 11.7. The molecule has 0 N–H and O–H groups in total. The van der Waals surface area contributed by atoms with Crippen LogP contribution in [0.5, 0.6) is 0 Å². The summed E-state index contributed by atoms with van der Waals surface area (Å²) in [5.74, 6) is -1.13. The molecule has 1 rings (SSSR count). The van der Waals surface area contributed by atoms with Crippen molar-refractivity contribution in [2.75, 3.05) is 13.3 Å². The second kappa shape index (κ2) is 8.39. The minimum Gasteiger partial charge on any atom is -0.545 e. The summed E-state index contributed by atoms with van der Waals surface area (Å²) in [5.41, 5.74) is 0.220. The Morgan fingerprint density at radius 1 is 1.47 bits per heavy atom. The highest BCUT2D eigenvalue weighted by atomic mass is 31.0. The number of carbonyl (C=O) groups is 1. The molecule has 0 radical (unpaired) electrons. The van der Waals surface area contributed by atoms with E-state index in [1.54, 1.807) is 25.3 Å². The molecule has 1 aromatic carbocycles. The SMILES string of the molecule is COC(C)C[PH3+].O=C([O-])c1ccccc1. The van der Waals surface area contributed by atoms with E-state index < -0.39 is 5.97 Å². The number of rotatable bonds is 3. The average molecular weight is 228 g/mol. The Kier molecular flexibility index (Phi) is 7.88. The fourth-order valence-electron chi connectivity index (χ4n) is 0.692. The summed E-state index contributed by atoms with van der Waals surface area (Å²) < 4.78 is 4.91. The summed E-state index contributed by atoms with van der Waals surface area (Å²) in [5, 5.41) is 10.1. The first-order valence-electron chi connectivity index (χ1n) is 4.70. The minimum atomic E-state index is -1.13. The molecule has 0 saturated heterocycles. The second-order valence-corrected chi connectivity index (χ2v) is 3.57. The standard InChI is InChI=1S/C7H6O2.C4H11OP/c8-7(9)6-4-2-1-3-5-6;1-4(3-6)5-2/h1-5H,(H,8,9);4H,3,6H2,1-2H3. The van der Waals surface area contributed by atoms with Gasteiger partial charge in [-0.25, -0.2) is 0 Å². The Hall–Kier alpha value is -0.920. The number of carboxylic acid groups (broad SMARTS) is 1. The number of ether oxygens (including phenoxy) is 1. The molecule has 15 heavy (non-hydrogen) atoms. The van der Waals surface area contributed by atoms with Crippen LogP contribution >= 0.6 is 9.24 Å². The van der Waals surface area contributed by atoms with Gasteiger partial charge in [-0.05, 0) is 21.7 Å². The van der Waals surface area contributed by atoms with Crippen molar-refractivity contribution >= 4 is 15.2 Å². The van der Waals surface area contributed by atoms with Crippen molar-refractivity contribution in [2.45, 2.75) is 13.0 Å². The number of carboxylic acids is 1. The Bertz CT molecular complexity index is 270. The highest BCUT2D eigenvalue weighted by Crippen LogP contribution is 1.94. The Morgan fingerprint density at radius 3 is 2.20 bits per heavy atom. The maximum Gasteiger partial charge on any atom is 0.0873 e. The lowest BCUT2D eigenvalue weighted by atomic mass is 10.2. The maximum absolute atomic E-state index is 10.1. The number of methoxy groups -OCH3 is 1. The van der Waals surface area contributed by atoms with Crippen LogP contribution in [-0.4, -0.2) is 25.3 Å². The largest absolute Gasteiger partial charge is 0.545 e. The van der Waals surface area contributed by atoms with Crippen molar-refractivity contribution in [3.63, 3.8) is 0 Å². The van der Waals surface area contributed by atoms with Crippen LogP contribution in [-0.2, 0) is 4.74 Å². The van der Waals surface area contributed by atoms with Crippen molar-refractivity contribution in [3.8, 4) is 0 Å². The molecular formula is C11H17O3P. The number of hydrogen-bond donors (Lipinski definition) is 0. The van der Waals surface area contributed by atoms with Gasteiger partial charge >= 0.3 is 0 Å². The van der Waals surface area contributed by atoms with Crippen molar-refractivity contribution in [1.29, 1.82) is 0 Å². The van der Waals surface area contributed by atoms with Crippen LogP contribution in [0.25, 0.3) is 0 Å². The highest BCUT2D eigenvalue weighted by molar-refractivity contribution is 7.16. The van der Waals surface area contributed by atoms with Gasteiger partial charge in [0.1, 0.15) is 0 Å². The topological polar surface area (TPSA) is 49.4 Å². The fraction of sp³-hybridized carbons (Fsp3) is 0.364. The van der Waals surface area contributed by atoms with E-state index in [1.165, 1.54) is 12.1 Å². The summed E-state index contributed by atoms with van der Waals surface area (Å²) in [4.78, 5) is 10.1. The van der Waals surface area contributed by atoms with E-state index in [0.717, 1.165) is 6.16 Å². The van der Waals surface area contributed by atoms with Crippen LogP contribution in [0.1, 0.15) is 17.3 Å². The highest BCUT2D eigenvalue weighted by Gasteiger charge is 1.92. The molecule has 1 aromatic rings. The Morgan fingerprint density at radius 2 is 2.00 bits per heavy atom. The minimum absolute atomic E-state index is 0.220. The van der Waals surface area contributed by atoms with E-state index in [0.29, 0.717) is 6.10 Å². The predicted octanol–water partition coefficient (Wildman–Crippen LogP) is 0.679. The van der Waals surface area contributed by atoms with Gasteiger partial charge in [0.25, 0.3) is 0 Å². The lowest BCUT2D eigenvalue weighted by Crippen LogP contribution is -2.21. The molecule has 3 nitrogen and oxygen atoms in total. The third-order valence-corrected chi connectivity index (χ3v) is 2.63. The average Bonchev–Trinajstić information content (AvgIpc) is 2.30. The smallest absolute Gasteiger partial charge is 0.0873 e. The summed E-state index contributed by atoms with van der Waals surface area (Å²) in [6, 6.07) is 8.06. The molecule has 4 heteroatoms. The van der Waals surface area contributed by atoms with Gasteiger partial charge in [-0.2, -0.15) is 0 Å². The molecule has 0 heterocycles. The molecule has 0 aliphatic heterocycles. The third kappa shape index (κ3) is 7.06. The van der Waals surface area contributed by atoms with Crippen LogP contribution in [0, 0.1) is 0 Å². The summed E-state index contributed by atoms with van der Waals surface area (Å²) in [7, 11) is 3.67. The van der Waals surface area contributed by atoms with Crippen LogP contribution < -0.4 is 5.11 Å². The van der Waals surface area contributed by atoms with E-state index in [1.807, 2.05) is 9.24 Å². The maximum atomic E-state index is 10.1. The van der Waals surface area contributed by atoms with Gasteiger partial charge in [0, 0.05) is 7.11 Å². The zero-order valence-electron chi connectivity index (χ0n) is 9.10. The third-order valence-electron chi connectivity index (χ3n) is 1.82. The van der Waals surface area contributed by atoms with Crippen LogP contribution in [0.2, 0.25) is 0 Å². The molecule has 84 valence electrons.